The number of H-pyrrole nitrogens is 1. The van der Waals surface area contributed by atoms with Crippen molar-refractivity contribution in [3.63, 3.8) is 0 Å². The number of carbonyl (C=O) groups excluding carboxylic acids is 1. The Morgan fingerprint density at radius 2 is 2.17 bits per heavy atom. The van der Waals surface area contributed by atoms with Crippen LogP contribution in [-0.4, -0.2) is 48.2 Å². The minimum absolute atomic E-state index is 0.0124. The first kappa shape index (κ1) is 15.6. The van der Waals surface area contributed by atoms with Gasteiger partial charge in [-0.25, -0.2) is 0 Å². The highest BCUT2D eigenvalue weighted by atomic mass is 16.5. The van der Waals surface area contributed by atoms with Gasteiger partial charge in [0.05, 0.1) is 18.2 Å². The van der Waals surface area contributed by atoms with Gasteiger partial charge in [0, 0.05) is 25.5 Å². The Morgan fingerprint density at radius 3 is 2.87 bits per heavy atom. The van der Waals surface area contributed by atoms with E-state index >= 15 is 0 Å². The first-order chi connectivity index (χ1) is 11.3. The molecule has 1 N–H and O–H groups in total. The Labute approximate surface area is 136 Å². The van der Waals surface area contributed by atoms with Crippen molar-refractivity contribution in [2.24, 2.45) is 0 Å². The summed E-state index contributed by atoms with van der Waals surface area (Å²) in [6.07, 6.45) is 5.70. The molecule has 1 saturated heterocycles. The van der Waals surface area contributed by atoms with Gasteiger partial charge < -0.3 is 19.4 Å². The van der Waals surface area contributed by atoms with Crippen molar-refractivity contribution in [1.29, 1.82) is 0 Å². The lowest BCUT2D eigenvalue weighted by atomic mass is 10.2. The number of nitrogens with zero attached hydrogens (tertiary/aromatic N) is 1. The van der Waals surface area contributed by atoms with Crippen LogP contribution in [-0.2, 0) is 4.74 Å². The number of rotatable bonds is 7. The number of hydrogen-bond donors (Lipinski definition) is 1. The van der Waals surface area contributed by atoms with Crippen molar-refractivity contribution < 1.29 is 14.3 Å². The fourth-order valence-electron chi connectivity index (χ4n) is 2.74. The van der Waals surface area contributed by atoms with Gasteiger partial charge in [-0.1, -0.05) is 18.2 Å². The molecule has 1 fully saturated rings. The number of carbonyl (C=O) groups is 1. The van der Waals surface area contributed by atoms with Crippen LogP contribution < -0.4 is 4.74 Å². The Morgan fingerprint density at radius 1 is 1.30 bits per heavy atom. The number of nitrogens with one attached hydrogen (secondary N) is 1. The van der Waals surface area contributed by atoms with Crippen LogP contribution in [0.5, 0.6) is 5.75 Å². The number of aromatic nitrogens is 1. The third-order valence-electron chi connectivity index (χ3n) is 3.95. The van der Waals surface area contributed by atoms with Gasteiger partial charge in [0.1, 0.15) is 12.4 Å². The second-order valence-electron chi connectivity index (χ2n) is 5.65. The van der Waals surface area contributed by atoms with E-state index < -0.39 is 0 Å². The Balaban J connectivity index is 1.58. The topological polar surface area (TPSA) is 54.6 Å². The third-order valence-corrected chi connectivity index (χ3v) is 3.95. The molecular formula is C18H22N2O3. The maximum atomic E-state index is 12.6. The number of benzene rings is 1. The predicted octanol–water partition coefficient (Wildman–Crippen LogP) is 2.71. The van der Waals surface area contributed by atoms with Gasteiger partial charge in [0.25, 0.3) is 5.91 Å². The zero-order valence-corrected chi connectivity index (χ0v) is 13.1. The molecule has 5 heteroatoms. The van der Waals surface area contributed by atoms with E-state index in [-0.39, 0.29) is 12.0 Å². The van der Waals surface area contributed by atoms with Crippen LogP contribution in [0.4, 0.5) is 0 Å². The van der Waals surface area contributed by atoms with Crippen molar-refractivity contribution >= 4 is 5.91 Å². The van der Waals surface area contributed by atoms with E-state index in [0.29, 0.717) is 25.3 Å². The van der Waals surface area contributed by atoms with E-state index in [1.807, 2.05) is 35.2 Å². The second-order valence-corrected chi connectivity index (χ2v) is 5.65. The first-order valence-electron chi connectivity index (χ1n) is 8.04. The number of ether oxygens (including phenoxy) is 2. The lowest BCUT2D eigenvalue weighted by molar-refractivity contribution is 0.0494. The predicted molar refractivity (Wildman–Crippen MR) is 87.6 cm³/mol. The molecule has 0 bridgehead atoms. The van der Waals surface area contributed by atoms with Gasteiger partial charge in [0.2, 0.25) is 0 Å². The van der Waals surface area contributed by atoms with Crippen LogP contribution >= 0.6 is 0 Å². The second kappa shape index (κ2) is 7.83. The maximum absolute atomic E-state index is 12.6. The number of hydrogen-bond acceptors (Lipinski definition) is 3. The molecule has 0 spiro atoms. The number of aromatic amines is 1. The summed E-state index contributed by atoms with van der Waals surface area (Å²) >= 11 is 0. The van der Waals surface area contributed by atoms with Crippen LogP contribution in [0.15, 0.2) is 48.8 Å². The fourth-order valence-corrected chi connectivity index (χ4v) is 2.74. The number of para-hydroxylation sites is 1. The molecule has 3 rings (SSSR count). The molecule has 1 aromatic carbocycles. The van der Waals surface area contributed by atoms with E-state index in [2.05, 4.69) is 4.98 Å². The zero-order chi connectivity index (χ0) is 15.9. The summed E-state index contributed by atoms with van der Waals surface area (Å²) in [6, 6.07) is 11.4. The molecule has 1 aliphatic rings. The first-order valence-corrected chi connectivity index (χ1v) is 8.04. The highest BCUT2D eigenvalue weighted by Gasteiger charge is 2.23. The van der Waals surface area contributed by atoms with Crippen LogP contribution in [0.2, 0.25) is 0 Å². The van der Waals surface area contributed by atoms with Crippen molar-refractivity contribution in [2.75, 3.05) is 26.3 Å². The molecular weight excluding hydrogens is 292 g/mol. The fraction of sp³-hybridized carbons (Fsp3) is 0.389. The van der Waals surface area contributed by atoms with Crippen LogP contribution in [0.25, 0.3) is 0 Å². The van der Waals surface area contributed by atoms with Gasteiger partial charge in [-0.3, -0.25) is 4.79 Å². The standard InChI is InChI=1S/C18H22N2O3/c21-18(15-8-9-19-13-15)20(14-17-7-4-11-22-17)10-12-23-16-5-2-1-3-6-16/h1-3,5-6,8-9,13,17,19H,4,7,10-12,14H2. The van der Waals surface area contributed by atoms with Crippen molar-refractivity contribution in [3.05, 3.63) is 54.4 Å². The maximum Gasteiger partial charge on any atom is 0.255 e. The molecule has 1 unspecified atom stereocenters. The molecule has 23 heavy (non-hydrogen) atoms. The minimum atomic E-state index is 0.0124. The molecule has 1 atom stereocenters. The molecule has 1 amide bonds. The van der Waals surface area contributed by atoms with Crippen LogP contribution in [0, 0.1) is 0 Å². The van der Waals surface area contributed by atoms with E-state index in [4.69, 9.17) is 9.47 Å². The summed E-state index contributed by atoms with van der Waals surface area (Å²) in [6.45, 7) is 2.41. The Bertz CT molecular complexity index is 592. The average Bonchev–Trinajstić information content (AvgIpc) is 3.28. The van der Waals surface area contributed by atoms with Gasteiger partial charge in [-0.15, -0.1) is 0 Å². The van der Waals surface area contributed by atoms with E-state index in [0.717, 1.165) is 25.2 Å². The quantitative estimate of drug-likeness (QED) is 0.855. The van der Waals surface area contributed by atoms with Crippen molar-refractivity contribution in [3.8, 4) is 5.75 Å². The lowest BCUT2D eigenvalue weighted by Crippen LogP contribution is -2.39. The summed E-state index contributed by atoms with van der Waals surface area (Å²) in [4.78, 5) is 17.4. The molecule has 0 radical (unpaired) electrons. The van der Waals surface area contributed by atoms with Crippen molar-refractivity contribution in [2.45, 2.75) is 18.9 Å². The molecule has 122 valence electrons. The normalized spacial score (nSPS) is 17.1. The molecule has 1 aliphatic heterocycles. The largest absolute Gasteiger partial charge is 0.492 e. The van der Waals surface area contributed by atoms with Gasteiger partial charge in [-0.05, 0) is 31.0 Å². The highest BCUT2D eigenvalue weighted by Crippen LogP contribution is 2.15. The molecule has 2 heterocycles. The molecule has 0 saturated carbocycles. The summed E-state index contributed by atoms with van der Waals surface area (Å²) in [5, 5.41) is 0. The van der Waals surface area contributed by atoms with Crippen LogP contribution in [0.3, 0.4) is 0 Å². The summed E-state index contributed by atoms with van der Waals surface area (Å²) in [7, 11) is 0. The van der Waals surface area contributed by atoms with Crippen LogP contribution in [0.1, 0.15) is 23.2 Å². The molecule has 2 aromatic rings. The van der Waals surface area contributed by atoms with E-state index in [9.17, 15) is 4.79 Å². The summed E-state index contributed by atoms with van der Waals surface area (Å²) in [5.74, 6) is 0.831. The van der Waals surface area contributed by atoms with Gasteiger partial charge in [0.15, 0.2) is 0 Å². The molecule has 0 aliphatic carbocycles. The monoisotopic (exact) mass is 314 g/mol. The van der Waals surface area contributed by atoms with Gasteiger partial charge in [-0.2, -0.15) is 0 Å². The lowest BCUT2D eigenvalue weighted by Gasteiger charge is -2.25. The SMILES string of the molecule is O=C(c1cc[nH]c1)N(CCOc1ccccc1)CC1CCCO1. The van der Waals surface area contributed by atoms with E-state index in [1.54, 1.807) is 18.5 Å². The Kier molecular flexibility index (Phi) is 5.32. The number of amides is 1. The molecule has 5 nitrogen and oxygen atoms in total. The smallest absolute Gasteiger partial charge is 0.255 e. The van der Waals surface area contributed by atoms with Gasteiger partial charge >= 0.3 is 0 Å². The average molecular weight is 314 g/mol. The Hall–Kier alpha value is -2.27. The third kappa shape index (κ3) is 4.36. The minimum Gasteiger partial charge on any atom is -0.492 e. The molecule has 1 aromatic heterocycles. The highest BCUT2D eigenvalue weighted by molar-refractivity contribution is 5.94. The zero-order valence-electron chi connectivity index (χ0n) is 13.1. The van der Waals surface area contributed by atoms with Crippen molar-refractivity contribution in [1.82, 2.24) is 9.88 Å². The summed E-state index contributed by atoms with van der Waals surface area (Å²) in [5.41, 5.74) is 0.669. The summed E-state index contributed by atoms with van der Waals surface area (Å²) < 4.78 is 11.4. The van der Waals surface area contributed by atoms with E-state index in [1.165, 1.54) is 0 Å².